The number of sulfonamides is 1. The Hall–Kier alpha value is -1.76. The van der Waals surface area contributed by atoms with Gasteiger partial charge in [-0.25, -0.2) is 12.8 Å². The number of carbonyl (C=O) groups is 1. The molecule has 0 aliphatic carbocycles. The van der Waals surface area contributed by atoms with Gasteiger partial charge in [0, 0.05) is 25.1 Å². The first-order valence-corrected chi connectivity index (χ1v) is 9.19. The molecule has 0 saturated heterocycles. The molecule has 0 amide bonds. The zero-order valence-corrected chi connectivity index (χ0v) is 14.5. The van der Waals surface area contributed by atoms with Crippen molar-refractivity contribution in [2.75, 3.05) is 6.54 Å². The highest BCUT2D eigenvalue weighted by atomic mass is 35.5. The molecule has 1 aliphatic heterocycles. The Labute approximate surface area is 144 Å². The van der Waals surface area contributed by atoms with Crippen LogP contribution in [0.4, 0.5) is 4.39 Å². The van der Waals surface area contributed by atoms with Crippen LogP contribution in [0.3, 0.4) is 0 Å². The predicted octanol–water partition coefficient (Wildman–Crippen LogP) is 3.56. The van der Waals surface area contributed by atoms with E-state index in [1.165, 1.54) is 22.5 Å². The van der Waals surface area contributed by atoms with Gasteiger partial charge in [0.05, 0.1) is 9.92 Å². The number of rotatable bonds is 2. The lowest BCUT2D eigenvalue weighted by molar-refractivity contribution is 0.0981. The predicted molar refractivity (Wildman–Crippen MR) is 89.1 cm³/mol. The van der Waals surface area contributed by atoms with E-state index < -0.39 is 15.8 Å². The van der Waals surface area contributed by atoms with Gasteiger partial charge in [0.2, 0.25) is 10.0 Å². The molecule has 126 valence electrons. The van der Waals surface area contributed by atoms with Crippen molar-refractivity contribution in [2.24, 2.45) is 0 Å². The molecule has 2 aromatic rings. The second-order valence-corrected chi connectivity index (χ2v) is 8.03. The number of hydrogen-bond acceptors (Lipinski definition) is 3. The van der Waals surface area contributed by atoms with Crippen LogP contribution in [0, 0.1) is 12.7 Å². The third-order valence-corrected chi connectivity index (χ3v) is 6.35. The normalized spacial score (nSPS) is 15.9. The molecule has 24 heavy (non-hydrogen) atoms. The average Bonchev–Trinajstić information content (AvgIpc) is 2.72. The van der Waals surface area contributed by atoms with Gasteiger partial charge in [0.25, 0.3) is 0 Å². The quantitative estimate of drug-likeness (QED) is 0.815. The Morgan fingerprint density at radius 1 is 1.12 bits per heavy atom. The third kappa shape index (κ3) is 2.97. The Morgan fingerprint density at radius 3 is 2.46 bits per heavy atom. The molecule has 3 rings (SSSR count). The Kier molecular flexibility index (Phi) is 4.46. The zero-order valence-electron chi connectivity index (χ0n) is 12.9. The smallest absolute Gasteiger partial charge is 0.243 e. The number of hydrogen-bond donors (Lipinski definition) is 0. The summed E-state index contributed by atoms with van der Waals surface area (Å²) in [4.78, 5) is 12.4. The zero-order chi connectivity index (χ0) is 17.5. The number of Topliss-reactive ketones (excluding diaryl/α,β-unsaturated/α-hetero) is 1. The van der Waals surface area contributed by atoms with Crippen molar-refractivity contribution in [1.82, 2.24) is 4.31 Å². The summed E-state index contributed by atoms with van der Waals surface area (Å²) in [6, 6.07) is 8.94. The van der Waals surface area contributed by atoms with E-state index in [9.17, 15) is 17.6 Å². The van der Waals surface area contributed by atoms with Crippen LogP contribution in [0.2, 0.25) is 5.02 Å². The van der Waals surface area contributed by atoms with Gasteiger partial charge in [-0.2, -0.15) is 4.31 Å². The minimum atomic E-state index is -3.80. The van der Waals surface area contributed by atoms with Crippen molar-refractivity contribution < 1.29 is 17.6 Å². The molecule has 0 fully saturated rings. The first-order chi connectivity index (χ1) is 11.3. The van der Waals surface area contributed by atoms with Crippen molar-refractivity contribution in [2.45, 2.75) is 24.8 Å². The van der Waals surface area contributed by atoms with E-state index in [0.717, 1.165) is 11.6 Å². The van der Waals surface area contributed by atoms with Crippen LogP contribution in [-0.2, 0) is 16.6 Å². The molecule has 1 heterocycles. The SMILES string of the molecule is Cc1ccc(S(=O)(=O)N2CCC(=O)c3ccc(F)c(Cl)c3C2)cc1. The number of aryl methyl sites for hydroxylation is 1. The lowest BCUT2D eigenvalue weighted by atomic mass is 10.0. The Bertz CT molecular complexity index is 910. The van der Waals surface area contributed by atoms with Crippen LogP contribution in [0.1, 0.15) is 27.9 Å². The van der Waals surface area contributed by atoms with Crippen LogP contribution in [0.25, 0.3) is 0 Å². The van der Waals surface area contributed by atoms with Gasteiger partial charge < -0.3 is 0 Å². The van der Waals surface area contributed by atoms with Gasteiger partial charge in [0.15, 0.2) is 5.78 Å². The molecule has 0 unspecified atom stereocenters. The lowest BCUT2D eigenvalue weighted by Crippen LogP contribution is -2.31. The standard InChI is InChI=1S/C17H15ClFNO3S/c1-11-2-4-12(5-3-11)24(22,23)20-9-8-16(21)13-6-7-15(19)17(18)14(13)10-20/h2-7H,8-10H2,1H3. The van der Waals surface area contributed by atoms with Gasteiger partial charge >= 0.3 is 0 Å². The number of halogens is 2. The summed E-state index contributed by atoms with van der Waals surface area (Å²) in [5.41, 5.74) is 1.44. The maximum absolute atomic E-state index is 13.7. The van der Waals surface area contributed by atoms with Crippen LogP contribution in [0.5, 0.6) is 0 Å². The molecule has 0 spiro atoms. The van der Waals surface area contributed by atoms with E-state index in [4.69, 9.17) is 11.6 Å². The highest BCUT2D eigenvalue weighted by Crippen LogP contribution is 2.30. The highest BCUT2D eigenvalue weighted by Gasteiger charge is 2.31. The van der Waals surface area contributed by atoms with E-state index in [1.807, 2.05) is 6.92 Å². The molecule has 0 bridgehead atoms. The number of benzene rings is 2. The molecule has 0 radical (unpaired) electrons. The summed E-state index contributed by atoms with van der Waals surface area (Å²) in [5, 5.41) is -0.202. The number of ketones is 1. The minimum absolute atomic E-state index is 0.0278. The van der Waals surface area contributed by atoms with E-state index in [-0.39, 0.29) is 46.3 Å². The van der Waals surface area contributed by atoms with Crippen molar-refractivity contribution in [3.8, 4) is 0 Å². The highest BCUT2D eigenvalue weighted by molar-refractivity contribution is 7.89. The Balaban J connectivity index is 2.05. The molecule has 0 atom stereocenters. The fraction of sp³-hybridized carbons (Fsp3) is 0.235. The molecular formula is C17H15ClFNO3S. The third-order valence-electron chi connectivity index (χ3n) is 4.08. The number of fused-ring (bicyclic) bond motifs is 1. The van der Waals surface area contributed by atoms with Gasteiger partial charge in [0.1, 0.15) is 5.82 Å². The number of carbonyl (C=O) groups excluding carboxylic acids is 1. The molecule has 1 aliphatic rings. The summed E-state index contributed by atoms with van der Waals surface area (Å²) in [5.74, 6) is -0.911. The second-order valence-electron chi connectivity index (χ2n) is 5.71. The minimum Gasteiger partial charge on any atom is -0.294 e. The lowest BCUT2D eigenvalue weighted by Gasteiger charge is -2.21. The van der Waals surface area contributed by atoms with Crippen molar-refractivity contribution >= 4 is 27.4 Å². The van der Waals surface area contributed by atoms with Crippen LogP contribution in [0.15, 0.2) is 41.3 Å². The van der Waals surface area contributed by atoms with E-state index >= 15 is 0 Å². The monoisotopic (exact) mass is 367 g/mol. The van der Waals surface area contributed by atoms with E-state index in [0.29, 0.717) is 0 Å². The van der Waals surface area contributed by atoms with Crippen molar-refractivity contribution in [1.29, 1.82) is 0 Å². The maximum Gasteiger partial charge on any atom is 0.243 e. The second kappa shape index (κ2) is 6.27. The maximum atomic E-state index is 13.7. The first-order valence-electron chi connectivity index (χ1n) is 7.37. The van der Waals surface area contributed by atoms with Gasteiger partial charge in [-0.3, -0.25) is 4.79 Å². The summed E-state index contributed by atoms with van der Waals surface area (Å²) >= 11 is 5.98. The van der Waals surface area contributed by atoms with Gasteiger partial charge in [-0.15, -0.1) is 0 Å². The summed E-state index contributed by atoms with van der Waals surface area (Å²) in [6.07, 6.45) is 0.0278. The molecule has 0 aromatic heterocycles. The Morgan fingerprint density at radius 2 is 1.79 bits per heavy atom. The van der Waals surface area contributed by atoms with Gasteiger partial charge in [-0.05, 0) is 36.8 Å². The van der Waals surface area contributed by atoms with Crippen molar-refractivity contribution in [3.05, 3.63) is 63.9 Å². The molecule has 0 N–H and O–H groups in total. The topological polar surface area (TPSA) is 54.5 Å². The summed E-state index contributed by atoms with van der Waals surface area (Å²) in [6.45, 7) is 1.76. The van der Waals surface area contributed by atoms with E-state index in [1.54, 1.807) is 12.1 Å². The summed E-state index contributed by atoms with van der Waals surface area (Å²) < 4.78 is 40.6. The fourth-order valence-electron chi connectivity index (χ4n) is 2.69. The number of nitrogens with zero attached hydrogens (tertiary/aromatic N) is 1. The molecule has 2 aromatic carbocycles. The molecule has 7 heteroatoms. The first kappa shape index (κ1) is 17.1. The fourth-order valence-corrected chi connectivity index (χ4v) is 4.32. The molecular weight excluding hydrogens is 353 g/mol. The molecule has 0 saturated carbocycles. The van der Waals surface area contributed by atoms with Crippen LogP contribution < -0.4 is 0 Å². The molecule has 4 nitrogen and oxygen atoms in total. The average molecular weight is 368 g/mol. The van der Waals surface area contributed by atoms with Crippen LogP contribution >= 0.6 is 11.6 Å². The van der Waals surface area contributed by atoms with Crippen molar-refractivity contribution in [3.63, 3.8) is 0 Å². The van der Waals surface area contributed by atoms with Gasteiger partial charge in [-0.1, -0.05) is 29.3 Å². The largest absolute Gasteiger partial charge is 0.294 e. The van der Waals surface area contributed by atoms with E-state index in [2.05, 4.69) is 0 Å². The van der Waals surface area contributed by atoms with Crippen LogP contribution in [-0.4, -0.2) is 25.1 Å². The summed E-state index contributed by atoms with van der Waals surface area (Å²) in [7, 11) is -3.80.